The number of para-hydroxylation sites is 1. The molecular formula is C22H34N4O2S. The third-order valence-electron chi connectivity index (χ3n) is 5.58. The minimum atomic E-state index is -0.234. The van der Waals surface area contributed by atoms with E-state index in [1.807, 2.05) is 11.8 Å². The summed E-state index contributed by atoms with van der Waals surface area (Å²) in [6.45, 7) is 8.52. The highest BCUT2D eigenvalue weighted by Gasteiger charge is 2.27. The van der Waals surface area contributed by atoms with Crippen molar-refractivity contribution in [3.05, 3.63) is 24.3 Å². The third-order valence-corrected chi connectivity index (χ3v) is 6.85. The number of carbonyl (C=O) groups excluding carboxylic acids is 2. The Bertz CT molecular complexity index is 661. The number of thioether (sulfide) groups is 1. The van der Waals surface area contributed by atoms with Gasteiger partial charge in [0.2, 0.25) is 5.91 Å². The molecule has 1 N–H and O–H groups in total. The molecule has 7 heteroatoms. The van der Waals surface area contributed by atoms with Crippen molar-refractivity contribution in [2.45, 2.75) is 43.9 Å². The van der Waals surface area contributed by atoms with E-state index in [1.54, 1.807) is 0 Å². The van der Waals surface area contributed by atoms with Crippen LogP contribution in [0, 0.1) is 0 Å². The largest absolute Gasteiger partial charge is 0.368 e. The highest BCUT2D eigenvalue weighted by atomic mass is 32.2. The summed E-state index contributed by atoms with van der Waals surface area (Å²) in [6.07, 6.45) is 5.51. The number of amides is 3. The molecule has 2 aliphatic rings. The molecule has 1 aromatic rings. The summed E-state index contributed by atoms with van der Waals surface area (Å²) in [6, 6.07) is 8.57. The molecule has 2 aliphatic heterocycles. The number of hydrogen-bond donors (Lipinski definition) is 1. The van der Waals surface area contributed by atoms with Gasteiger partial charge in [-0.3, -0.25) is 14.6 Å². The van der Waals surface area contributed by atoms with Crippen LogP contribution < -0.4 is 10.2 Å². The van der Waals surface area contributed by atoms with E-state index in [2.05, 4.69) is 46.3 Å². The minimum absolute atomic E-state index is 0.0949. The summed E-state index contributed by atoms with van der Waals surface area (Å²) < 4.78 is 0. The van der Waals surface area contributed by atoms with Crippen molar-refractivity contribution in [2.75, 3.05) is 56.5 Å². The van der Waals surface area contributed by atoms with Crippen LogP contribution in [0.15, 0.2) is 29.2 Å². The zero-order chi connectivity index (χ0) is 20.5. The second-order valence-corrected chi connectivity index (χ2v) is 8.90. The lowest BCUT2D eigenvalue weighted by molar-refractivity contribution is -0.125. The van der Waals surface area contributed by atoms with Gasteiger partial charge in [0.05, 0.1) is 12.2 Å². The van der Waals surface area contributed by atoms with Gasteiger partial charge in [-0.15, -0.1) is 11.8 Å². The van der Waals surface area contributed by atoms with Gasteiger partial charge in [0.25, 0.3) is 0 Å². The molecule has 0 radical (unpaired) electrons. The zero-order valence-electron chi connectivity index (χ0n) is 17.6. The Morgan fingerprint density at radius 1 is 0.966 bits per heavy atom. The Balaban J connectivity index is 1.30. The van der Waals surface area contributed by atoms with Crippen LogP contribution in [0.25, 0.3) is 0 Å². The quantitative estimate of drug-likeness (QED) is 0.339. The molecule has 2 saturated heterocycles. The number of anilines is 1. The van der Waals surface area contributed by atoms with E-state index < -0.39 is 0 Å². The second kappa shape index (κ2) is 11.5. The average molecular weight is 419 g/mol. The summed E-state index contributed by atoms with van der Waals surface area (Å²) in [7, 11) is 0. The molecule has 29 heavy (non-hydrogen) atoms. The predicted molar refractivity (Wildman–Crippen MR) is 120 cm³/mol. The average Bonchev–Trinajstić information content (AvgIpc) is 3.07. The molecule has 6 nitrogen and oxygen atoms in total. The summed E-state index contributed by atoms with van der Waals surface area (Å²) in [5.41, 5.74) is 1.39. The molecule has 0 atom stereocenters. The van der Waals surface area contributed by atoms with Crippen molar-refractivity contribution in [2.24, 2.45) is 0 Å². The van der Waals surface area contributed by atoms with Gasteiger partial charge in [0, 0.05) is 37.6 Å². The van der Waals surface area contributed by atoms with Crippen LogP contribution in [0.5, 0.6) is 0 Å². The molecule has 160 valence electrons. The van der Waals surface area contributed by atoms with Crippen LogP contribution in [0.4, 0.5) is 10.5 Å². The van der Waals surface area contributed by atoms with E-state index in [0.29, 0.717) is 6.54 Å². The van der Waals surface area contributed by atoms with Crippen LogP contribution in [0.1, 0.15) is 39.0 Å². The molecule has 2 heterocycles. The maximum absolute atomic E-state index is 11.5. The van der Waals surface area contributed by atoms with Crippen molar-refractivity contribution in [1.82, 2.24) is 15.1 Å². The third kappa shape index (κ3) is 6.37. The van der Waals surface area contributed by atoms with Crippen LogP contribution in [0.3, 0.4) is 0 Å². The molecule has 0 aliphatic carbocycles. The molecule has 0 aromatic heterocycles. The van der Waals surface area contributed by atoms with Gasteiger partial charge in [0.1, 0.15) is 0 Å². The lowest BCUT2D eigenvalue weighted by Gasteiger charge is -2.37. The zero-order valence-corrected chi connectivity index (χ0v) is 18.4. The molecular weight excluding hydrogens is 384 g/mol. The van der Waals surface area contributed by atoms with Crippen molar-refractivity contribution in [3.63, 3.8) is 0 Å². The topological polar surface area (TPSA) is 55.9 Å². The molecule has 0 bridgehead atoms. The van der Waals surface area contributed by atoms with E-state index >= 15 is 0 Å². The number of unbranched alkanes of at least 4 members (excludes halogenated alkanes) is 3. The monoisotopic (exact) mass is 418 g/mol. The minimum Gasteiger partial charge on any atom is -0.368 e. The number of rotatable bonds is 11. The number of nitrogens with one attached hydrogen (secondary N) is 1. The maximum atomic E-state index is 11.5. The summed E-state index contributed by atoms with van der Waals surface area (Å²) >= 11 is 1.97. The molecule has 0 unspecified atom stereocenters. The summed E-state index contributed by atoms with van der Waals surface area (Å²) in [5, 5.41) is 2.57. The molecule has 0 spiro atoms. The van der Waals surface area contributed by atoms with Crippen molar-refractivity contribution < 1.29 is 9.59 Å². The number of piperazine rings is 1. The molecule has 3 rings (SSSR count). The van der Waals surface area contributed by atoms with Crippen molar-refractivity contribution in [3.8, 4) is 0 Å². The fraction of sp³-hybridized carbons (Fsp3) is 0.636. The van der Waals surface area contributed by atoms with Crippen molar-refractivity contribution >= 4 is 29.4 Å². The highest BCUT2D eigenvalue weighted by Crippen LogP contribution is 2.31. The van der Waals surface area contributed by atoms with Gasteiger partial charge < -0.3 is 10.2 Å². The first-order valence-corrected chi connectivity index (χ1v) is 11.9. The normalized spacial score (nSPS) is 17.8. The van der Waals surface area contributed by atoms with Gasteiger partial charge in [-0.05, 0) is 43.7 Å². The Kier molecular flexibility index (Phi) is 8.68. The van der Waals surface area contributed by atoms with E-state index in [-0.39, 0.29) is 18.5 Å². The van der Waals surface area contributed by atoms with E-state index in [4.69, 9.17) is 0 Å². The first-order valence-electron chi connectivity index (χ1n) is 11.0. The fourth-order valence-corrected chi connectivity index (χ4v) is 4.85. The van der Waals surface area contributed by atoms with Gasteiger partial charge in [-0.25, -0.2) is 4.79 Å². The fourth-order valence-electron chi connectivity index (χ4n) is 3.91. The number of carbonyl (C=O) groups is 2. The Labute approximate surface area is 179 Å². The molecule has 1 aromatic carbocycles. The lowest BCUT2D eigenvalue weighted by atomic mass is 10.1. The number of hydrogen-bond acceptors (Lipinski definition) is 5. The second-order valence-electron chi connectivity index (χ2n) is 7.76. The summed E-state index contributed by atoms with van der Waals surface area (Å²) in [5.74, 6) is 1.08. The number of imide groups is 1. The van der Waals surface area contributed by atoms with Gasteiger partial charge in [-0.2, -0.15) is 0 Å². The summed E-state index contributed by atoms with van der Waals surface area (Å²) in [4.78, 5) is 30.9. The van der Waals surface area contributed by atoms with Crippen LogP contribution in [-0.4, -0.2) is 73.3 Å². The van der Waals surface area contributed by atoms with E-state index in [1.165, 1.54) is 34.1 Å². The molecule has 0 saturated carbocycles. The van der Waals surface area contributed by atoms with Crippen LogP contribution in [-0.2, 0) is 4.79 Å². The standard InChI is InChI=1S/C22H34N4O2S/c1-2-17-29-20-10-6-5-9-19(20)25-15-13-24(14-16-25)11-7-3-4-8-12-26-21(27)18-23-22(26)28/h5-6,9-10H,2-4,7-8,11-18H2,1H3,(H,23,28). The number of benzene rings is 1. The highest BCUT2D eigenvalue weighted by molar-refractivity contribution is 7.99. The van der Waals surface area contributed by atoms with Gasteiger partial charge >= 0.3 is 6.03 Å². The van der Waals surface area contributed by atoms with E-state index in [9.17, 15) is 9.59 Å². The first-order chi connectivity index (χ1) is 14.2. The Hall–Kier alpha value is -1.73. The van der Waals surface area contributed by atoms with Crippen LogP contribution >= 0.6 is 11.8 Å². The van der Waals surface area contributed by atoms with Gasteiger partial charge in [0.15, 0.2) is 0 Å². The maximum Gasteiger partial charge on any atom is 0.324 e. The Morgan fingerprint density at radius 2 is 1.69 bits per heavy atom. The lowest BCUT2D eigenvalue weighted by Crippen LogP contribution is -2.46. The van der Waals surface area contributed by atoms with Gasteiger partial charge in [-0.1, -0.05) is 31.9 Å². The Morgan fingerprint density at radius 3 is 2.38 bits per heavy atom. The van der Waals surface area contributed by atoms with Crippen LogP contribution in [0.2, 0.25) is 0 Å². The molecule has 2 fully saturated rings. The first kappa shape index (κ1) is 22.0. The van der Waals surface area contributed by atoms with Crippen molar-refractivity contribution in [1.29, 1.82) is 0 Å². The number of nitrogens with zero attached hydrogens (tertiary/aromatic N) is 3. The number of urea groups is 1. The molecule has 3 amide bonds. The smallest absolute Gasteiger partial charge is 0.324 e. The SMILES string of the molecule is CCCSc1ccccc1N1CCN(CCCCCCN2C(=O)CNC2=O)CC1. The van der Waals surface area contributed by atoms with E-state index in [0.717, 1.165) is 52.0 Å². The predicted octanol–water partition coefficient (Wildman–Crippen LogP) is 3.42.